The molecule has 1 aromatic carbocycles. The van der Waals surface area contributed by atoms with Crippen LogP contribution in [0.2, 0.25) is 9.36 Å². The van der Waals surface area contributed by atoms with E-state index in [9.17, 15) is 0 Å². The number of halogens is 3. The van der Waals surface area contributed by atoms with Crippen LogP contribution in [0.5, 0.6) is 5.75 Å². The Morgan fingerprint density at radius 3 is 2.59 bits per heavy atom. The van der Waals surface area contributed by atoms with Gasteiger partial charge in [0, 0.05) is 10.2 Å². The zero-order chi connectivity index (χ0) is 12.3. The monoisotopic (exact) mass is 350 g/mol. The van der Waals surface area contributed by atoms with Crippen molar-refractivity contribution in [2.45, 2.75) is 11.9 Å². The fourth-order valence-electron chi connectivity index (χ4n) is 1.32. The highest BCUT2D eigenvalue weighted by molar-refractivity contribution is 9.08. The highest BCUT2D eigenvalue weighted by atomic mass is 79.9. The minimum absolute atomic E-state index is 0.491. The standard InChI is InChI=1S/C12H9BrCl2OS/c13-6-8-1-3-11(10(14)5-8)16-7-9-2-4-12(15)17-9/h1-5H,6-7H2. The SMILES string of the molecule is Clc1ccc(COc2ccc(CBr)cc2Cl)s1. The molecule has 0 atom stereocenters. The molecule has 5 heteroatoms. The third kappa shape index (κ3) is 3.62. The number of benzene rings is 1. The Kier molecular flexibility index (Phi) is 4.74. The first-order valence-corrected chi connectivity index (χ1v) is 7.60. The molecule has 17 heavy (non-hydrogen) atoms. The van der Waals surface area contributed by atoms with Crippen molar-refractivity contribution >= 4 is 50.5 Å². The second-order valence-electron chi connectivity index (χ2n) is 3.39. The Labute approximate surface area is 122 Å². The Morgan fingerprint density at radius 2 is 2.00 bits per heavy atom. The average molecular weight is 352 g/mol. The van der Waals surface area contributed by atoms with E-state index in [-0.39, 0.29) is 0 Å². The molecule has 0 spiro atoms. The largest absolute Gasteiger partial charge is 0.487 e. The van der Waals surface area contributed by atoms with Crippen LogP contribution in [0, 0.1) is 0 Å². The van der Waals surface area contributed by atoms with Gasteiger partial charge < -0.3 is 4.74 Å². The third-order valence-corrected chi connectivity index (χ3v) is 4.30. The fourth-order valence-corrected chi connectivity index (χ4v) is 2.93. The van der Waals surface area contributed by atoms with Crippen LogP contribution in [-0.4, -0.2) is 0 Å². The van der Waals surface area contributed by atoms with Gasteiger partial charge in [-0.2, -0.15) is 0 Å². The van der Waals surface area contributed by atoms with E-state index in [1.807, 2.05) is 30.3 Å². The van der Waals surface area contributed by atoms with Crippen molar-refractivity contribution in [3.8, 4) is 5.75 Å². The molecule has 1 nitrogen and oxygen atoms in total. The normalized spacial score (nSPS) is 10.5. The van der Waals surface area contributed by atoms with E-state index in [1.165, 1.54) is 11.3 Å². The molecular formula is C12H9BrCl2OS. The quantitative estimate of drug-likeness (QED) is 0.658. The van der Waals surface area contributed by atoms with Gasteiger partial charge in [-0.1, -0.05) is 45.2 Å². The van der Waals surface area contributed by atoms with Gasteiger partial charge in [-0.05, 0) is 29.8 Å². The molecule has 1 heterocycles. The van der Waals surface area contributed by atoms with E-state index in [4.69, 9.17) is 27.9 Å². The second kappa shape index (κ2) is 6.10. The maximum Gasteiger partial charge on any atom is 0.138 e. The molecule has 90 valence electrons. The van der Waals surface area contributed by atoms with Gasteiger partial charge in [-0.3, -0.25) is 0 Å². The first-order chi connectivity index (χ1) is 8.19. The first-order valence-electron chi connectivity index (χ1n) is 4.90. The summed E-state index contributed by atoms with van der Waals surface area (Å²) in [6, 6.07) is 9.58. The number of ether oxygens (including phenoxy) is 1. The Bertz CT molecular complexity index is 513. The molecule has 0 fully saturated rings. The predicted molar refractivity (Wildman–Crippen MR) is 77.7 cm³/mol. The lowest BCUT2D eigenvalue weighted by Crippen LogP contribution is -1.93. The topological polar surface area (TPSA) is 9.23 Å². The molecule has 0 N–H and O–H groups in total. The minimum Gasteiger partial charge on any atom is -0.487 e. The number of hydrogen-bond donors (Lipinski definition) is 0. The van der Waals surface area contributed by atoms with Crippen molar-refractivity contribution in [3.05, 3.63) is 50.1 Å². The van der Waals surface area contributed by atoms with Gasteiger partial charge in [-0.25, -0.2) is 0 Å². The fraction of sp³-hybridized carbons (Fsp3) is 0.167. The van der Waals surface area contributed by atoms with Crippen LogP contribution in [-0.2, 0) is 11.9 Å². The van der Waals surface area contributed by atoms with Crippen LogP contribution >= 0.6 is 50.5 Å². The molecule has 0 aliphatic rings. The summed E-state index contributed by atoms with van der Waals surface area (Å²) in [5, 5.41) is 1.41. The van der Waals surface area contributed by atoms with Crippen molar-refractivity contribution in [1.29, 1.82) is 0 Å². The molecule has 0 unspecified atom stereocenters. The molecule has 1 aromatic heterocycles. The maximum atomic E-state index is 6.11. The van der Waals surface area contributed by atoms with E-state index in [2.05, 4.69) is 15.9 Å². The molecule has 0 amide bonds. The zero-order valence-electron chi connectivity index (χ0n) is 8.75. The Balaban J connectivity index is 2.04. The summed E-state index contributed by atoms with van der Waals surface area (Å²) in [7, 11) is 0. The predicted octanol–water partition coefficient (Wildman–Crippen LogP) is 5.53. The van der Waals surface area contributed by atoms with Gasteiger partial charge in [0.15, 0.2) is 0 Å². The van der Waals surface area contributed by atoms with Crippen molar-refractivity contribution in [2.24, 2.45) is 0 Å². The number of thiophene rings is 1. The minimum atomic E-state index is 0.491. The van der Waals surface area contributed by atoms with Crippen LogP contribution < -0.4 is 4.74 Å². The highest BCUT2D eigenvalue weighted by Gasteiger charge is 2.04. The lowest BCUT2D eigenvalue weighted by Gasteiger charge is -2.07. The van der Waals surface area contributed by atoms with Crippen LogP contribution in [0.4, 0.5) is 0 Å². The van der Waals surface area contributed by atoms with E-state index < -0.39 is 0 Å². The molecule has 0 aliphatic heterocycles. The molecule has 0 aliphatic carbocycles. The van der Waals surface area contributed by atoms with E-state index in [0.29, 0.717) is 17.4 Å². The summed E-state index contributed by atoms with van der Waals surface area (Å²) in [4.78, 5) is 1.08. The Hall–Kier alpha value is -0.220. The molecule has 2 rings (SSSR count). The molecular weight excluding hydrogens is 343 g/mol. The van der Waals surface area contributed by atoms with Crippen LogP contribution in [0.25, 0.3) is 0 Å². The third-order valence-electron chi connectivity index (χ3n) is 2.15. The van der Waals surface area contributed by atoms with Gasteiger partial charge in [0.1, 0.15) is 12.4 Å². The lowest BCUT2D eigenvalue weighted by atomic mass is 10.2. The van der Waals surface area contributed by atoms with Crippen LogP contribution in [0.15, 0.2) is 30.3 Å². The second-order valence-corrected chi connectivity index (χ2v) is 6.16. The zero-order valence-corrected chi connectivity index (χ0v) is 12.7. The molecule has 0 saturated carbocycles. The lowest BCUT2D eigenvalue weighted by molar-refractivity contribution is 0.310. The summed E-state index contributed by atoms with van der Waals surface area (Å²) < 4.78 is 6.41. The maximum absolute atomic E-state index is 6.11. The average Bonchev–Trinajstić information content (AvgIpc) is 2.73. The number of alkyl halides is 1. The smallest absolute Gasteiger partial charge is 0.138 e. The van der Waals surface area contributed by atoms with E-state index >= 15 is 0 Å². The summed E-state index contributed by atoms with van der Waals surface area (Å²) >= 11 is 16.8. The van der Waals surface area contributed by atoms with E-state index in [1.54, 1.807) is 0 Å². The van der Waals surface area contributed by atoms with Crippen LogP contribution in [0.3, 0.4) is 0 Å². The Morgan fingerprint density at radius 1 is 1.18 bits per heavy atom. The summed E-state index contributed by atoms with van der Waals surface area (Å²) in [6.07, 6.45) is 0. The molecule has 0 saturated heterocycles. The van der Waals surface area contributed by atoms with E-state index in [0.717, 1.165) is 20.1 Å². The summed E-state index contributed by atoms with van der Waals surface area (Å²) in [5.41, 5.74) is 1.13. The van der Waals surface area contributed by atoms with Crippen LogP contribution in [0.1, 0.15) is 10.4 Å². The van der Waals surface area contributed by atoms with Gasteiger partial charge in [0.2, 0.25) is 0 Å². The van der Waals surface area contributed by atoms with Crippen molar-refractivity contribution < 1.29 is 4.74 Å². The highest BCUT2D eigenvalue weighted by Crippen LogP contribution is 2.28. The van der Waals surface area contributed by atoms with Crippen molar-refractivity contribution in [3.63, 3.8) is 0 Å². The summed E-state index contributed by atoms with van der Waals surface area (Å²) in [5.74, 6) is 0.695. The number of hydrogen-bond acceptors (Lipinski definition) is 2. The van der Waals surface area contributed by atoms with Gasteiger partial charge >= 0.3 is 0 Å². The molecule has 2 aromatic rings. The van der Waals surface area contributed by atoms with Crippen molar-refractivity contribution in [1.82, 2.24) is 0 Å². The molecule has 0 radical (unpaired) electrons. The van der Waals surface area contributed by atoms with Crippen molar-refractivity contribution in [2.75, 3.05) is 0 Å². The first kappa shape index (κ1) is 13.2. The number of rotatable bonds is 4. The summed E-state index contributed by atoms with van der Waals surface area (Å²) in [6.45, 7) is 0.491. The van der Waals surface area contributed by atoms with Gasteiger partial charge in [0.05, 0.1) is 9.36 Å². The van der Waals surface area contributed by atoms with Gasteiger partial charge in [-0.15, -0.1) is 11.3 Å². The van der Waals surface area contributed by atoms with Gasteiger partial charge in [0.25, 0.3) is 0 Å². The molecule has 0 bridgehead atoms.